The minimum absolute atomic E-state index is 0.00123. The Balaban J connectivity index is 2.01. The second-order valence-corrected chi connectivity index (χ2v) is 9.20. The van der Waals surface area contributed by atoms with Crippen molar-refractivity contribution >= 4 is 22.9 Å². The molecule has 0 aliphatic rings. The lowest BCUT2D eigenvalue weighted by Gasteiger charge is -2.23. The van der Waals surface area contributed by atoms with Crippen LogP contribution in [0.1, 0.15) is 29.2 Å². The van der Waals surface area contributed by atoms with Crippen LogP contribution in [0.15, 0.2) is 48.5 Å². The van der Waals surface area contributed by atoms with Crippen LogP contribution in [0.3, 0.4) is 0 Å². The van der Waals surface area contributed by atoms with E-state index in [0.717, 1.165) is 19.2 Å². The lowest BCUT2D eigenvalue weighted by Crippen LogP contribution is -2.23. The van der Waals surface area contributed by atoms with E-state index in [1.165, 1.54) is 44.6 Å². The van der Waals surface area contributed by atoms with Crippen molar-refractivity contribution in [2.45, 2.75) is 24.9 Å². The molecule has 3 rings (SSSR count). The van der Waals surface area contributed by atoms with E-state index in [2.05, 4.69) is 4.98 Å². The number of nitrogens with zero attached hydrogens (tertiary/aromatic N) is 2. The summed E-state index contributed by atoms with van der Waals surface area (Å²) in [6.45, 7) is 0. The van der Waals surface area contributed by atoms with E-state index in [1.54, 1.807) is 6.07 Å². The normalized spacial score (nSPS) is 13.1. The van der Waals surface area contributed by atoms with Gasteiger partial charge in [-0.05, 0) is 54.3 Å². The Morgan fingerprint density at radius 3 is 2.24 bits per heavy atom. The van der Waals surface area contributed by atoms with Crippen molar-refractivity contribution in [3.63, 3.8) is 0 Å². The maximum Gasteiger partial charge on any atom is 0.433 e. The van der Waals surface area contributed by atoms with Gasteiger partial charge in [0.05, 0.1) is 31.5 Å². The fraction of sp³-hybridized carbons (Fsp3) is 0.280. The molecule has 8 nitrogen and oxygen atoms in total. The molecule has 2 aromatic carbocycles. The Labute approximate surface area is 218 Å². The van der Waals surface area contributed by atoms with Crippen molar-refractivity contribution in [2.75, 3.05) is 25.6 Å². The molecule has 0 fully saturated rings. The molecular weight excluding hydrogens is 530 g/mol. The van der Waals surface area contributed by atoms with Gasteiger partial charge in [-0.25, -0.2) is 9.37 Å². The third-order valence-electron chi connectivity index (χ3n) is 5.88. The molecule has 0 radical (unpaired) electrons. The number of aryl methyl sites for hydroxylation is 1. The molecular formula is C25H24F4N3O5S-. The van der Waals surface area contributed by atoms with Gasteiger partial charge in [0.1, 0.15) is 23.0 Å². The highest BCUT2D eigenvalue weighted by Crippen LogP contribution is 2.36. The van der Waals surface area contributed by atoms with Crippen LogP contribution in [-0.2, 0) is 28.7 Å². The van der Waals surface area contributed by atoms with E-state index in [1.807, 2.05) is 0 Å². The van der Waals surface area contributed by atoms with Crippen LogP contribution in [0, 0.1) is 5.82 Å². The third-order valence-corrected chi connectivity index (χ3v) is 6.52. The molecule has 2 N–H and O–H groups in total. The second-order valence-electron chi connectivity index (χ2n) is 8.22. The summed E-state index contributed by atoms with van der Waals surface area (Å²) in [6, 6.07) is 10.2. The molecule has 13 heteroatoms. The van der Waals surface area contributed by atoms with Crippen LogP contribution in [0.4, 0.5) is 23.2 Å². The van der Waals surface area contributed by atoms with E-state index in [-0.39, 0.29) is 29.8 Å². The van der Waals surface area contributed by atoms with Crippen LogP contribution in [0.25, 0.3) is 11.3 Å². The first-order valence-corrected chi connectivity index (χ1v) is 12.1. The molecule has 2 unspecified atom stereocenters. The molecule has 1 heterocycles. The highest BCUT2D eigenvalue weighted by atomic mass is 32.2. The number of ether oxygens (including phenoxy) is 2. The summed E-state index contributed by atoms with van der Waals surface area (Å²) in [7, 11) is 3.94. The number of anilines is 1. The maximum atomic E-state index is 14.6. The predicted octanol–water partition coefficient (Wildman–Crippen LogP) is 4.36. The van der Waals surface area contributed by atoms with E-state index < -0.39 is 40.8 Å². The highest BCUT2D eigenvalue weighted by Gasteiger charge is 2.33. The Morgan fingerprint density at radius 1 is 1.11 bits per heavy atom. The van der Waals surface area contributed by atoms with E-state index >= 15 is 0 Å². The number of benzene rings is 2. The quantitative estimate of drug-likeness (QED) is 0.294. The number of methoxy groups -OCH3 is 2. The number of pyridine rings is 1. The molecule has 0 bridgehead atoms. The van der Waals surface area contributed by atoms with Crippen molar-refractivity contribution < 1.29 is 40.6 Å². The average molecular weight is 555 g/mol. The number of amides is 1. The van der Waals surface area contributed by atoms with Crippen LogP contribution in [-0.4, -0.2) is 40.9 Å². The molecule has 2 atom stereocenters. The van der Waals surface area contributed by atoms with Crippen LogP contribution < -0.4 is 19.5 Å². The van der Waals surface area contributed by atoms with Gasteiger partial charge in [0.15, 0.2) is 0 Å². The molecule has 204 valence electrons. The molecule has 1 amide bonds. The summed E-state index contributed by atoms with van der Waals surface area (Å²) in [6.07, 6.45) is -4.63. The predicted molar refractivity (Wildman–Crippen MR) is 132 cm³/mol. The Bertz CT molecular complexity index is 1330. The fourth-order valence-electron chi connectivity index (χ4n) is 3.89. The van der Waals surface area contributed by atoms with Crippen LogP contribution in [0.5, 0.6) is 11.5 Å². The maximum absolute atomic E-state index is 14.6. The summed E-state index contributed by atoms with van der Waals surface area (Å²) in [5.41, 5.74) is 5.08. The first kappa shape index (κ1) is 28.9. The number of rotatable bonds is 10. The highest BCUT2D eigenvalue weighted by molar-refractivity contribution is 7.80. The molecule has 0 saturated carbocycles. The van der Waals surface area contributed by atoms with Crippen LogP contribution in [0.2, 0.25) is 0 Å². The van der Waals surface area contributed by atoms with Gasteiger partial charge in [-0.1, -0.05) is 12.1 Å². The van der Waals surface area contributed by atoms with Gasteiger partial charge in [0.2, 0.25) is 5.91 Å². The summed E-state index contributed by atoms with van der Waals surface area (Å²) >= 11 is -2.71. The zero-order valence-corrected chi connectivity index (χ0v) is 21.4. The van der Waals surface area contributed by atoms with Crippen LogP contribution >= 0.6 is 0 Å². The minimum atomic E-state index is -4.70. The van der Waals surface area contributed by atoms with Gasteiger partial charge in [-0.3, -0.25) is 9.00 Å². The molecule has 0 aliphatic heterocycles. The van der Waals surface area contributed by atoms with Gasteiger partial charge in [-0.2, -0.15) is 13.2 Å². The number of carbonyl (C=O) groups is 1. The minimum Gasteiger partial charge on any atom is -0.755 e. The van der Waals surface area contributed by atoms with Gasteiger partial charge >= 0.3 is 6.18 Å². The van der Waals surface area contributed by atoms with Crippen molar-refractivity contribution in [1.82, 2.24) is 4.98 Å². The molecule has 0 aliphatic carbocycles. The summed E-state index contributed by atoms with van der Waals surface area (Å²) in [4.78, 5) is 16.1. The SMILES string of the molecule is COc1cc(OC)cc(-c2nc(C(F)(F)F)ccc2CCC(C(N)=O)c2ccc(N(C)S(=O)[O-])c(F)c2)c1. The summed E-state index contributed by atoms with van der Waals surface area (Å²) < 4.78 is 88.5. The lowest BCUT2D eigenvalue weighted by molar-refractivity contribution is -0.141. The number of hydrogen-bond acceptors (Lipinski definition) is 6. The van der Waals surface area contributed by atoms with Gasteiger partial charge in [-0.15, -0.1) is 0 Å². The van der Waals surface area contributed by atoms with Crippen molar-refractivity contribution in [2.24, 2.45) is 5.73 Å². The zero-order chi connectivity index (χ0) is 28.2. The molecule has 0 spiro atoms. The van der Waals surface area contributed by atoms with Crippen molar-refractivity contribution in [3.05, 3.63) is 71.2 Å². The topological polar surface area (TPSA) is 118 Å². The monoisotopic (exact) mass is 554 g/mol. The summed E-state index contributed by atoms with van der Waals surface area (Å²) in [5.74, 6) is -2.03. The number of aromatic nitrogens is 1. The average Bonchev–Trinajstić information content (AvgIpc) is 2.87. The van der Waals surface area contributed by atoms with Gasteiger partial charge in [0, 0.05) is 29.9 Å². The van der Waals surface area contributed by atoms with Crippen molar-refractivity contribution in [3.8, 4) is 22.8 Å². The van der Waals surface area contributed by atoms with E-state index in [0.29, 0.717) is 26.9 Å². The molecule has 1 aromatic heterocycles. The summed E-state index contributed by atoms with van der Waals surface area (Å²) in [5, 5.41) is 0. The largest absolute Gasteiger partial charge is 0.755 e. The second kappa shape index (κ2) is 11.8. The molecule has 0 saturated heterocycles. The first-order valence-electron chi connectivity index (χ1n) is 11.1. The van der Waals surface area contributed by atoms with Gasteiger partial charge in [0.25, 0.3) is 0 Å². The Hall–Kier alpha value is -3.71. The Morgan fingerprint density at radius 2 is 1.74 bits per heavy atom. The van der Waals surface area contributed by atoms with Crippen molar-refractivity contribution in [1.29, 1.82) is 0 Å². The zero-order valence-electron chi connectivity index (χ0n) is 20.5. The fourth-order valence-corrected chi connectivity index (χ4v) is 4.20. The first-order chi connectivity index (χ1) is 17.8. The van der Waals surface area contributed by atoms with Gasteiger partial charge < -0.3 is 24.1 Å². The number of alkyl halides is 3. The number of hydrogen-bond donors (Lipinski definition) is 1. The lowest BCUT2D eigenvalue weighted by atomic mass is 9.90. The molecule has 3 aromatic rings. The third kappa shape index (κ3) is 6.58. The number of halogens is 4. The smallest absolute Gasteiger partial charge is 0.433 e. The number of carbonyl (C=O) groups excluding carboxylic acids is 1. The standard InChI is InChI=1S/C25H25F4N3O5S/c1-32(38(34)35)21-8-5-15(12-20(21)26)19(24(30)33)7-4-14-6-9-22(25(27,28)29)31-23(14)16-10-17(36-2)13-18(11-16)37-3/h5-6,8-13,19H,4,7H2,1-3H3,(H2,30,33)(H,34,35)/p-1. The number of primary amides is 1. The van der Waals surface area contributed by atoms with E-state index in [9.17, 15) is 31.1 Å². The Kier molecular flexibility index (Phi) is 8.94. The molecule has 38 heavy (non-hydrogen) atoms. The van der Waals surface area contributed by atoms with E-state index in [4.69, 9.17) is 15.2 Å². The number of nitrogens with two attached hydrogens (primary N) is 1.